The summed E-state index contributed by atoms with van der Waals surface area (Å²) in [6, 6.07) is 5.33. The van der Waals surface area contributed by atoms with E-state index in [-0.39, 0.29) is 0 Å². The highest BCUT2D eigenvalue weighted by atomic mass is 35.5. The highest BCUT2D eigenvalue weighted by Gasteiger charge is 2.11. The molecule has 0 aliphatic carbocycles. The van der Waals surface area contributed by atoms with E-state index < -0.39 is 0 Å². The Bertz CT molecular complexity index is 769. The molecule has 0 spiro atoms. The van der Waals surface area contributed by atoms with E-state index >= 15 is 0 Å². The molecule has 20 heavy (non-hydrogen) atoms. The number of hydrogen-bond donors (Lipinski definition) is 1. The normalized spacial score (nSPS) is 10.9. The maximum Gasteiger partial charge on any atom is 0.168 e. The number of fused-ring (bicyclic) bond motifs is 1. The van der Waals surface area contributed by atoms with Gasteiger partial charge in [0.2, 0.25) is 0 Å². The quantitative estimate of drug-likeness (QED) is 0.804. The van der Waals surface area contributed by atoms with E-state index in [1.54, 1.807) is 23.0 Å². The summed E-state index contributed by atoms with van der Waals surface area (Å²) in [5.74, 6) is 0.767. The van der Waals surface area contributed by atoms with Crippen LogP contribution in [0.25, 0.3) is 16.7 Å². The molecule has 0 radical (unpaired) electrons. The van der Waals surface area contributed by atoms with Crippen molar-refractivity contribution >= 4 is 40.1 Å². The van der Waals surface area contributed by atoms with Gasteiger partial charge in [-0.3, -0.25) is 0 Å². The van der Waals surface area contributed by atoms with Gasteiger partial charge in [0.05, 0.1) is 27.3 Å². The molecule has 1 aromatic carbocycles. The lowest BCUT2D eigenvalue weighted by Gasteiger charge is -2.05. The molecule has 102 valence electrons. The molecule has 7 heteroatoms. The van der Waals surface area contributed by atoms with Crippen molar-refractivity contribution in [2.24, 2.45) is 0 Å². The number of nitrogens with zero attached hydrogens (tertiary/aromatic N) is 4. The standard InChI is InChI=1S/C13H11Cl2N5/c1-2-16-12-9-6-19-20(13(9)18-7-17-12)8-3-4-10(14)11(15)5-8/h3-7H,2H2,1H3,(H,16,17,18). The van der Waals surface area contributed by atoms with Gasteiger partial charge in [-0.05, 0) is 25.1 Å². The lowest BCUT2D eigenvalue weighted by atomic mass is 10.3. The molecule has 0 saturated carbocycles. The van der Waals surface area contributed by atoms with Crippen LogP contribution in [0.1, 0.15) is 6.92 Å². The zero-order valence-electron chi connectivity index (χ0n) is 10.6. The third-order valence-corrected chi connectivity index (χ3v) is 3.60. The van der Waals surface area contributed by atoms with E-state index in [0.29, 0.717) is 15.7 Å². The van der Waals surface area contributed by atoms with Gasteiger partial charge in [0.25, 0.3) is 0 Å². The summed E-state index contributed by atoms with van der Waals surface area (Å²) in [5, 5.41) is 9.39. The summed E-state index contributed by atoms with van der Waals surface area (Å²) in [7, 11) is 0. The minimum atomic E-state index is 0.480. The molecule has 3 aromatic rings. The highest BCUT2D eigenvalue weighted by Crippen LogP contribution is 2.26. The third kappa shape index (κ3) is 2.19. The van der Waals surface area contributed by atoms with Crippen molar-refractivity contribution in [2.45, 2.75) is 6.92 Å². The minimum Gasteiger partial charge on any atom is -0.370 e. The first kappa shape index (κ1) is 13.1. The van der Waals surface area contributed by atoms with Crippen LogP contribution >= 0.6 is 23.2 Å². The van der Waals surface area contributed by atoms with E-state index in [1.807, 2.05) is 13.0 Å². The van der Waals surface area contributed by atoms with Crippen molar-refractivity contribution in [3.63, 3.8) is 0 Å². The Morgan fingerprint density at radius 3 is 2.80 bits per heavy atom. The molecular formula is C13H11Cl2N5. The molecule has 0 fully saturated rings. The smallest absolute Gasteiger partial charge is 0.168 e. The van der Waals surface area contributed by atoms with Crippen molar-refractivity contribution < 1.29 is 0 Å². The van der Waals surface area contributed by atoms with Gasteiger partial charge in [0.15, 0.2) is 5.65 Å². The van der Waals surface area contributed by atoms with E-state index in [2.05, 4.69) is 20.4 Å². The summed E-state index contributed by atoms with van der Waals surface area (Å²) < 4.78 is 1.71. The second-order valence-electron chi connectivity index (χ2n) is 4.14. The van der Waals surface area contributed by atoms with Crippen LogP contribution in [-0.2, 0) is 0 Å². The number of halogens is 2. The van der Waals surface area contributed by atoms with E-state index in [9.17, 15) is 0 Å². The van der Waals surface area contributed by atoms with Crippen LogP contribution in [0.2, 0.25) is 10.0 Å². The first-order valence-electron chi connectivity index (χ1n) is 6.08. The van der Waals surface area contributed by atoms with Crippen LogP contribution in [0.5, 0.6) is 0 Å². The first-order chi connectivity index (χ1) is 9.70. The number of rotatable bonds is 3. The maximum absolute atomic E-state index is 6.04. The fourth-order valence-electron chi connectivity index (χ4n) is 1.96. The van der Waals surface area contributed by atoms with Crippen molar-refractivity contribution in [1.29, 1.82) is 0 Å². The zero-order chi connectivity index (χ0) is 14.1. The fraction of sp³-hybridized carbons (Fsp3) is 0.154. The number of benzene rings is 1. The molecule has 0 saturated heterocycles. The summed E-state index contributed by atoms with van der Waals surface area (Å²) in [6.45, 7) is 2.79. The van der Waals surface area contributed by atoms with Gasteiger partial charge in [-0.25, -0.2) is 14.6 Å². The predicted octanol–water partition coefficient (Wildman–Crippen LogP) is 3.55. The number of anilines is 1. The maximum atomic E-state index is 6.04. The Morgan fingerprint density at radius 1 is 1.20 bits per heavy atom. The average molecular weight is 308 g/mol. The van der Waals surface area contributed by atoms with Crippen LogP contribution in [0.3, 0.4) is 0 Å². The number of hydrogen-bond acceptors (Lipinski definition) is 4. The Balaban J connectivity index is 2.17. The monoisotopic (exact) mass is 307 g/mol. The Morgan fingerprint density at radius 2 is 2.05 bits per heavy atom. The summed E-state index contributed by atoms with van der Waals surface area (Å²) in [6.07, 6.45) is 3.24. The first-order valence-corrected chi connectivity index (χ1v) is 6.84. The van der Waals surface area contributed by atoms with Gasteiger partial charge in [-0.15, -0.1) is 0 Å². The molecule has 0 unspecified atom stereocenters. The molecule has 2 aromatic heterocycles. The van der Waals surface area contributed by atoms with E-state index in [1.165, 1.54) is 6.33 Å². The molecular weight excluding hydrogens is 297 g/mol. The third-order valence-electron chi connectivity index (χ3n) is 2.86. The molecule has 0 amide bonds. The molecule has 5 nitrogen and oxygen atoms in total. The lowest BCUT2D eigenvalue weighted by molar-refractivity contribution is 0.895. The van der Waals surface area contributed by atoms with Crippen LogP contribution < -0.4 is 5.32 Å². The second-order valence-corrected chi connectivity index (χ2v) is 4.96. The summed E-state index contributed by atoms with van der Waals surface area (Å²) in [4.78, 5) is 8.50. The largest absolute Gasteiger partial charge is 0.370 e. The van der Waals surface area contributed by atoms with Gasteiger partial charge >= 0.3 is 0 Å². The molecule has 2 heterocycles. The SMILES string of the molecule is CCNc1ncnc2c1cnn2-c1ccc(Cl)c(Cl)c1. The minimum absolute atomic E-state index is 0.480. The summed E-state index contributed by atoms with van der Waals surface area (Å²) in [5.41, 5.74) is 1.52. The van der Waals surface area contributed by atoms with Crippen LogP contribution in [0.15, 0.2) is 30.7 Å². The van der Waals surface area contributed by atoms with Crippen molar-refractivity contribution in [3.05, 3.63) is 40.8 Å². The lowest BCUT2D eigenvalue weighted by Crippen LogP contribution is -2.01. The van der Waals surface area contributed by atoms with Crippen molar-refractivity contribution in [2.75, 3.05) is 11.9 Å². The zero-order valence-corrected chi connectivity index (χ0v) is 12.2. The van der Waals surface area contributed by atoms with Gasteiger partial charge in [0.1, 0.15) is 12.1 Å². The van der Waals surface area contributed by atoms with Gasteiger partial charge < -0.3 is 5.32 Å². The molecule has 0 bridgehead atoms. The molecule has 0 aliphatic heterocycles. The Labute approximate surface area is 125 Å². The Hall–Kier alpha value is -1.85. The number of aromatic nitrogens is 4. The topological polar surface area (TPSA) is 55.6 Å². The van der Waals surface area contributed by atoms with Gasteiger partial charge in [-0.1, -0.05) is 23.2 Å². The van der Waals surface area contributed by atoms with Crippen molar-refractivity contribution in [3.8, 4) is 5.69 Å². The highest BCUT2D eigenvalue weighted by molar-refractivity contribution is 6.42. The summed E-state index contributed by atoms with van der Waals surface area (Å²) >= 11 is 12.0. The number of nitrogens with one attached hydrogen (secondary N) is 1. The van der Waals surface area contributed by atoms with Crippen LogP contribution in [-0.4, -0.2) is 26.3 Å². The molecule has 1 N–H and O–H groups in total. The molecule has 0 aliphatic rings. The average Bonchev–Trinajstić information content (AvgIpc) is 2.87. The Kier molecular flexibility index (Phi) is 3.46. The fourth-order valence-corrected chi connectivity index (χ4v) is 2.25. The molecule has 3 rings (SSSR count). The van der Waals surface area contributed by atoms with Crippen LogP contribution in [0.4, 0.5) is 5.82 Å². The van der Waals surface area contributed by atoms with E-state index in [4.69, 9.17) is 23.2 Å². The van der Waals surface area contributed by atoms with Gasteiger partial charge in [0, 0.05) is 6.54 Å². The van der Waals surface area contributed by atoms with Crippen molar-refractivity contribution in [1.82, 2.24) is 19.7 Å². The molecule has 0 atom stereocenters. The van der Waals surface area contributed by atoms with E-state index in [0.717, 1.165) is 23.4 Å². The second kappa shape index (κ2) is 5.26. The van der Waals surface area contributed by atoms with Crippen LogP contribution in [0, 0.1) is 0 Å². The van der Waals surface area contributed by atoms with Gasteiger partial charge in [-0.2, -0.15) is 5.10 Å². The predicted molar refractivity (Wildman–Crippen MR) is 80.8 cm³/mol.